The Hall–Kier alpha value is -6.35. The predicted octanol–water partition coefficient (Wildman–Crippen LogP) is 9.27. The Kier molecular flexibility index (Phi) is 5.76. The van der Waals surface area contributed by atoms with E-state index in [0.29, 0.717) is 23.1 Å². The number of aromatic nitrogens is 2. The molecular formula is C40H25N5. The number of rotatable bonds is 3. The minimum absolute atomic E-state index is 0.374. The third-order valence-electron chi connectivity index (χ3n) is 9.16. The number of para-hydroxylation sites is 2. The molecule has 1 unspecified atom stereocenters. The van der Waals surface area contributed by atoms with Gasteiger partial charge < -0.3 is 9.13 Å². The summed E-state index contributed by atoms with van der Waals surface area (Å²) in [6, 6.07) is 41.2. The van der Waals surface area contributed by atoms with Crippen LogP contribution in [0.5, 0.6) is 0 Å². The molecule has 2 heterocycles. The number of nitriles is 3. The molecule has 1 atom stereocenters. The normalized spacial score (nSPS) is 16.1. The van der Waals surface area contributed by atoms with Crippen molar-refractivity contribution in [3.8, 4) is 23.9 Å². The van der Waals surface area contributed by atoms with Gasteiger partial charge in [-0.1, -0.05) is 60.7 Å². The lowest BCUT2D eigenvalue weighted by Crippen LogP contribution is -2.28. The summed E-state index contributed by atoms with van der Waals surface area (Å²) in [4.78, 5) is 0. The van der Waals surface area contributed by atoms with E-state index in [1.165, 1.54) is 0 Å². The van der Waals surface area contributed by atoms with E-state index >= 15 is 0 Å². The summed E-state index contributed by atoms with van der Waals surface area (Å²) in [5.74, 6) is 0. The summed E-state index contributed by atoms with van der Waals surface area (Å²) in [5.41, 5.74) is 8.49. The van der Waals surface area contributed by atoms with Gasteiger partial charge in [0.05, 0.1) is 57.2 Å². The third-order valence-corrected chi connectivity index (χ3v) is 9.16. The largest absolute Gasteiger partial charge is 0.331 e. The summed E-state index contributed by atoms with van der Waals surface area (Å²) >= 11 is 0. The van der Waals surface area contributed by atoms with Crippen molar-refractivity contribution in [2.45, 2.75) is 18.9 Å². The maximum absolute atomic E-state index is 10.3. The molecule has 7 aromatic rings. The van der Waals surface area contributed by atoms with Gasteiger partial charge in [-0.2, -0.15) is 15.8 Å². The SMILES string of the molecule is CC1(n2c3ccccc3c3cc(C#N)ccc32)C=CC(c2c(C#N)cccc2-n2c3ccccc3c3cc(C#N)ccc32)=CC1. The van der Waals surface area contributed by atoms with Gasteiger partial charge in [0.15, 0.2) is 0 Å². The molecule has 0 saturated heterocycles. The van der Waals surface area contributed by atoms with E-state index in [0.717, 1.165) is 60.4 Å². The molecule has 1 aliphatic rings. The van der Waals surface area contributed by atoms with Crippen LogP contribution >= 0.6 is 0 Å². The Labute approximate surface area is 260 Å². The molecule has 0 N–H and O–H groups in total. The molecule has 210 valence electrons. The lowest BCUT2D eigenvalue weighted by atomic mass is 9.85. The number of hydrogen-bond donors (Lipinski definition) is 0. The Morgan fingerprint density at radius 2 is 1.22 bits per heavy atom. The van der Waals surface area contributed by atoms with E-state index < -0.39 is 0 Å². The predicted molar refractivity (Wildman–Crippen MR) is 180 cm³/mol. The Balaban J connectivity index is 1.31. The van der Waals surface area contributed by atoms with Crippen LogP contribution in [0.4, 0.5) is 0 Å². The van der Waals surface area contributed by atoms with Crippen molar-refractivity contribution in [3.05, 3.63) is 144 Å². The fraction of sp³-hybridized carbons (Fsp3) is 0.0750. The number of allylic oxidation sites excluding steroid dienone is 4. The van der Waals surface area contributed by atoms with Crippen molar-refractivity contribution in [1.82, 2.24) is 9.13 Å². The van der Waals surface area contributed by atoms with E-state index in [1.807, 2.05) is 60.7 Å². The molecule has 2 aromatic heterocycles. The number of nitrogens with zero attached hydrogens (tertiary/aromatic N) is 5. The quantitative estimate of drug-likeness (QED) is 0.211. The van der Waals surface area contributed by atoms with Crippen molar-refractivity contribution in [2.75, 3.05) is 0 Å². The standard InChI is InChI=1S/C40H25N5/c1-40(45-36-11-5-3-9-31(36)33-22-27(24-42)14-16-37(33)45)19-17-28(18-20-40)39-29(25-43)7-6-12-38(39)44-34-10-4-2-8-30(34)32-21-26(23-41)13-15-35(32)44/h2-19,21-22H,20H2,1H3. The van der Waals surface area contributed by atoms with Crippen LogP contribution in [0.25, 0.3) is 54.9 Å². The third kappa shape index (κ3) is 3.84. The van der Waals surface area contributed by atoms with Crippen LogP contribution < -0.4 is 0 Å². The van der Waals surface area contributed by atoms with Crippen LogP contribution in [0, 0.1) is 34.0 Å². The highest BCUT2D eigenvalue weighted by Gasteiger charge is 2.30. The highest BCUT2D eigenvalue weighted by Crippen LogP contribution is 2.42. The van der Waals surface area contributed by atoms with E-state index in [1.54, 1.807) is 0 Å². The topological polar surface area (TPSA) is 81.2 Å². The molecule has 0 saturated carbocycles. The zero-order valence-corrected chi connectivity index (χ0v) is 24.5. The second-order valence-corrected chi connectivity index (χ2v) is 11.8. The van der Waals surface area contributed by atoms with Gasteiger partial charge in [-0.05, 0) is 79.6 Å². The summed E-state index contributed by atoms with van der Waals surface area (Å²) in [6.07, 6.45) is 7.35. The van der Waals surface area contributed by atoms with E-state index in [9.17, 15) is 15.8 Å². The molecule has 0 bridgehead atoms. The average Bonchev–Trinajstić information content (AvgIpc) is 3.61. The van der Waals surface area contributed by atoms with Crippen LogP contribution in [0.15, 0.2) is 121 Å². The van der Waals surface area contributed by atoms with Crippen molar-refractivity contribution < 1.29 is 0 Å². The van der Waals surface area contributed by atoms with Gasteiger partial charge in [-0.25, -0.2) is 0 Å². The van der Waals surface area contributed by atoms with Crippen LogP contribution in [-0.2, 0) is 5.54 Å². The minimum atomic E-state index is -0.374. The molecule has 0 radical (unpaired) electrons. The maximum atomic E-state index is 10.3. The second-order valence-electron chi connectivity index (χ2n) is 11.8. The zero-order chi connectivity index (χ0) is 30.7. The first-order valence-electron chi connectivity index (χ1n) is 14.8. The summed E-state index contributed by atoms with van der Waals surface area (Å²) in [6.45, 7) is 2.23. The summed E-state index contributed by atoms with van der Waals surface area (Å²) in [7, 11) is 0. The number of fused-ring (bicyclic) bond motifs is 6. The molecule has 0 spiro atoms. The van der Waals surface area contributed by atoms with Gasteiger partial charge in [0.2, 0.25) is 0 Å². The average molecular weight is 576 g/mol. The molecule has 5 aromatic carbocycles. The van der Waals surface area contributed by atoms with Crippen LogP contribution in [0.2, 0.25) is 0 Å². The van der Waals surface area contributed by atoms with Gasteiger partial charge in [-0.15, -0.1) is 0 Å². The van der Waals surface area contributed by atoms with Gasteiger partial charge in [0.25, 0.3) is 0 Å². The molecule has 5 nitrogen and oxygen atoms in total. The highest BCUT2D eigenvalue weighted by molar-refractivity contribution is 6.11. The molecule has 0 fully saturated rings. The molecule has 0 aliphatic heterocycles. The fourth-order valence-corrected chi connectivity index (χ4v) is 7.09. The van der Waals surface area contributed by atoms with Gasteiger partial charge in [0, 0.05) is 38.1 Å². The van der Waals surface area contributed by atoms with Crippen molar-refractivity contribution in [3.63, 3.8) is 0 Å². The smallest absolute Gasteiger partial charge is 0.0998 e. The van der Waals surface area contributed by atoms with Gasteiger partial charge in [0.1, 0.15) is 0 Å². The monoisotopic (exact) mass is 575 g/mol. The van der Waals surface area contributed by atoms with Crippen molar-refractivity contribution >= 4 is 49.2 Å². The Bertz CT molecular complexity index is 2570. The highest BCUT2D eigenvalue weighted by atomic mass is 15.1. The molecule has 5 heteroatoms. The first kappa shape index (κ1) is 26.3. The van der Waals surface area contributed by atoms with Gasteiger partial charge >= 0.3 is 0 Å². The van der Waals surface area contributed by atoms with Crippen LogP contribution in [0.1, 0.15) is 35.6 Å². The van der Waals surface area contributed by atoms with Gasteiger partial charge in [-0.3, -0.25) is 0 Å². The first-order chi connectivity index (χ1) is 22.0. The lowest BCUT2D eigenvalue weighted by Gasteiger charge is -2.32. The first-order valence-corrected chi connectivity index (χ1v) is 14.8. The van der Waals surface area contributed by atoms with Crippen LogP contribution in [-0.4, -0.2) is 9.13 Å². The molecule has 45 heavy (non-hydrogen) atoms. The zero-order valence-electron chi connectivity index (χ0n) is 24.5. The van der Waals surface area contributed by atoms with Crippen LogP contribution in [0.3, 0.4) is 0 Å². The second kappa shape index (κ2) is 9.85. The Morgan fingerprint density at radius 1 is 0.622 bits per heavy atom. The van der Waals surface area contributed by atoms with E-state index in [4.69, 9.17) is 0 Å². The lowest BCUT2D eigenvalue weighted by molar-refractivity contribution is 0.438. The molecular weight excluding hydrogens is 550 g/mol. The molecule has 0 amide bonds. The summed E-state index contributed by atoms with van der Waals surface area (Å²) in [5, 5.41) is 33.8. The molecule has 1 aliphatic carbocycles. The van der Waals surface area contributed by atoms with Crippen molar-refractivity contribution in [2.24, 2.45) is 0 Å². The van der Waals surface area contributed by atoms with E-state index in [2.05, 4.69) is 95.0 Å². The maximum Gasteiger partial charge on any atom is 0.0998 e. The number of hydrogen-bond acceptors (Lipinski definition) is 3. The Morgan fingerprint density at radius 3 is 1.89 bits per heavy atom. The minimum Gasteiger partial charge on any atom is -0.331 e. The summed E-state index contributed by atoms with van der Waals surface area (Å²) < 4.78 is 4.59. The number of benzene rings is 5. The van der Waals surface area contributed by atoms with E-state index in [-0.39, 0.29) is 5.54 Å². The molecule has 8 rings (SSSR count). The van der Waals surface area contributed by atoms with Crippen molar-refractivity contribution in [1.29, 1.82) is 15.8 Å². The fourth-order valence-electron chi connectivity index (χ4n) is 7.09.